The van der Waals surface area contributed by atoms with Crippen LogP contribution in [-0.2, 0) is 6.42 Å². The van der Waals surface area contributed by atoms with E-state index in [9.17, 15) is 0 Å². The van der Waals surface area contributed by atoms with Crippen LogP contribution in [0, 0.1) is 6.92 Å². The summed E-state index contributed by atoms with van der Waals surface area (Å²) in [7, 11) is 0. The van der Waals surface area contributed by atoms with E-state index in [4.69, 9.17) is 0 Å². The smallest absolute Gasteiger partial charge is 0.0369 e. The zero-order valence-corrected chi connectivity index (χ0v) is 10.4. The van der Waals surface area contributed by atoms with Crippen LogP contribution >= 0.6 is 0 Å². The van der Waals surface area contributed by atoms with E-state index in [0.29, 0.717) is 0 Å². The minimum Gasteiger partial charge on any atom is -0.369 e. The van der Waals surface area contributed by atoms with Crippen molar-refractivity contribution in [1.82, 2.24) is 5.32 Å². The lowest BCUT2D eigenvalue weighted by molar-refractivity contribution is 0.589. The topological polar surface area (TPSA) is 15.3 Å². The van der Waals surface area contributed by atoms with E-state index < -0.39 is 0 Å². The molecule has 0 aliphatic carbocycles. The Kier molecular flexibility index (Phi) is 3.83. The van der Waals surface area contributed by atoms with Crippen molar-refractivity contribution in [2.75, 3.05) is 31.1 Å². The Labute approximate surface area is 98.7 Å². The van der Waals surface area contributed by atoms with Crippen molar-refractivity contribution in [2.45, 2.75) is 26.7 Å². The third-order valence-corrected chi connectivity index (χ3v) is 3.33. The lowest BCUT2D eigenvalue weighted by Crippen LogP contribution is -2.43. The molecular weight excluding hydrogens is 196 g/mol. The number of hydrogen-bond donors (Lipinski definition) is 1. The fourth-order valence-electron chi connectivity index (χ4n) is 2.35. The molecule has 0 atom stereocenters. The molecule has 0 spiro atoms. The summed E-state index contributed by atoms with van der Waals surface area (Å²) in [4.78, 5) is 2.47. The lowest BCUT2D eigenvalue weighted by Gasteiger charge is -2.30. The minimum absolute atomic E-state index is 1.11. The molecule has 0 unspecified atom stereocenters. The number of piperazine rings is 1. The van der Waals surface area contributed by atoms with Crippen molar-refractivity contribution in [3.05, 3.63) is 29.3 Å². The number of anilines is 1. The Morgan fingerprint density at radius 1 is 1.25 bits per heavy atom. The molecule has 2 rings (SSSR count). The van der Waals surface area contributed by atoms with Crippen molar-refractivity contribution in [2.24, 2.45) is 0 Å². The van der Waals surface area contributed by atoms with Crippen molar-refractivity contribution in [3.63, 3.8) is 0 Å². The second-order valence-electron chi connectivity index (χ2n) is 4.60. The zero-order valence-electron chi connectivity index (χ0n) is 10.4. The Bertz CT molecular complexity index is 341. The molecule has 0 saturated carbocycles. The van der Waals surface area contributed by atoms with Gasteiger partial charge in [0.2, 0.25) is 0 Å². The van der Waals surface area contributed by atoms with Crippen LogP contribution < -0.4 is 10.2 Å². The second kappa shape index (κ2) is 5.35. The van der Waals surface area contributed by atoms with Gasteiger partial charge in [0.1, 0.15) is 0 Å². The first-order valence-corrected chi connectivity index (χ1v) is 6.36. The molecule has 1 aromatic carbocycles. The molecule has 1 aromatic rings. The second-order valence-corrected chi connectivity index (χ2v) is 4.60. The summed E-state index contributed by atoms with van der Waals surface area (Å²) < 4.78 is 0. The van der Waals surface area contributed by atoms with Gasteiger partial charge in [0, 0.05) is 31.9 Å². The number of benzene rings is 1. The number of nitrogens with one attached hydrogen (secondary N) is 1. The Morgan fingerprint density at radius 2 is 2.00 bits per heavy atom. The highest BCUT2D eigenvalue weighted by molar-refractivity contribution is 5.51. The minimum atomic E-state index is 1.11. The summed E-state index contributed by atoms with van der Waals surface area (Å²) in [6.45, 7) is 8.95. The Balaban J connectivity index is 2.13. The highest BCUT2D eigenvalue weighted by Gasteiger charge is 2.10. The van der Waals surface area contributed by atoms with Gasteiger partial charge < -0.3 is 10.2 Å². The van der Waals surface area contributed by atoms with Gasteiger partial charge in [-0.25, -0.2) is 0 Å². The van der Waals surface area contributed by atoms with Crippen LogP contribution in [0.5, 0.6) is 0 Å². The van der Waals surface area contributed by atoms with Gasteiger partial charge in [0.05, 0.1) is 0 Å². The van der Waals surface area contributed by atoms with E-state index in [-0.39, 0.29) is 0 Å². The van der Waals surface area contributed by atoms with Gasteiger partial charge in [-0.3, -0.25) is 0 Å². The average molecular weight is 218 g/mol. The van der Waals surface area contributed by atoms with Crippen LogP contribution in [0.15, 0.2) is 18.2 Å². The van der Waals surface area contributed by atoms with Gasteiger partial charge in [-0.1, -0.05) is 19.4 Å². The standard InChI is InChI=1S/C14H22N2/c1-3-4-13-5-6-14(11-12(13)2)16-9-7-15-8-10-16/h5-6,11,15H,3-4,7-10H2,1-2H3. The predicted octanol–water partition coefficient (Wildman–Crippen LogP) is 2.36. The number of aryl methyl sites for hydroxylation is 2. The molecule has 1 N–H and O–H groups in total. The van der Waals surface area contributed by atoms with Crippen molar-refractivity contribution in [1.29, 1.82) is 0 Å². The highest BCUT2D eigenvalue weighted by atomic mass is 15.2. The quantitative estimate of drug-likeness (QED) is 0.838. The predicted molar refractivity (Wildman–Crippen MR) is 70.3 cm³/mol. The SMILES string of the molecule is CCCc1ccc(N2CCNCC2)cc1C. The van der Waals surface area contributed by atoms with E-state index in [0.717, 1.165) is 26.2 Å². The van der Waals surface area contributed by atoms with Crippen LogP contribution in [0.1, 0.15) is 24.5 Å². The molecule has 2 nitrogen and oxygen atoms in total. The first kappa shape index (κ1) is 11.5. The van der Waals surface area contributed by atoms with Gasteiger partial charge in [-0.05, 0) is 36.6 Å². The summed E-state index contributed by atoms with van der Waals surface area (Å²) in [5.41, 5.74) is 4.33. The number of nitrogens with zero attached hydrogens (tertiary/aromatic N) is 1. The maximum Gasteiger partial charge on any atom is 0.0369 e. The normalized spacial score (nSPS) is 16.5. The monoisotopic (exact) mass is 218 g/mol. The fourth-order valence-corrected chi connectivity index (χ4v) is 2.35. The molecule has 88 valence electrons. The Morgan fingerprint density at radius 3 is 2.62 bits per heavy atom. The van der Waals surface area contributed by atoms with Crippen molar-refractivity contribution in [3.8, 4) is 0 Å². The molecule has 1 heterocycles. The number of rotatable bonds is 3. The fraction of sp³-hybridized carbons (Fsp3) is 0.571. The van der Waals surface area contributed by atoms with Crippen LogP contribution in [0.2, 0.25) is 0 Å². The van der Waals surface area contributed by atoms with E-state index in [1.54, 1.807) is 0 Å². The maximum atomic E-state index is 3.39. The summed E-state index contributed by atoms with van der Waals surface area (Å²) in [6.07, 6.45) is 2.43. The molecular formula is C14H22N2. The first-order valence-electron chi connectivity index (χ1n) is 6.36. The van der Waals surface area contributed by atoms with Crippen LogP contribution in [0.25, 0.3) is 0 Å². The van der Waals surface area contributed by atoms with E-state index in [2.05, 4.69) is 42.3 Å². The van der Waals surface area contributed by atoms with Crippen LogP contribution in [-0.4, -0.2) is 26.2 Å². The molecule has 1 saturated heterocycles. The summed E-state index contributed by atoms with van der Waals surface area (Å²) >= 11 is 0. The largest absolute Gasteiger partial charge is 0.369 e. The van der Waals surface area contributed by atoms with Gasteiger partial charge in [0.25, 0.3) is 0 Å². The third-order valence-electron chi connectivity index (χ3n) is 3.33. The lowest BCUT2D eigenvalue weighted by atomic mass is 10.0. The molecule has 0 aromatic heterocycles. The zero-order chi connectivity index (χ0) is 11.4. The molecule has 1 aliphatic rings. The molecule has 16 heavy (non-hydrogen) atoms. The van der Waals surface area contributed by atoms with E-state index in [1.807, 2.05) is 0 Å². The van der Waals surface area contributed by atoms with Crippen LogP contribution in [0.3, 0.4) is 0 Å². The molecule has 0 amide bonds. The number of hydrogen-bond acceptors (Lipinski definition) is 2. The van der Waals surface area contributed by atoms with Crippen molar-refractivity contribution < 1.29 is 0 Å². The van der Waals surface area contributed by atoms with Gasteiger partial charge >= 0.3 is 0 Å². The highest BCUT2D eigenvalue weighted by Crippen LogP contribution is 2.20. The maximum absolute atomic E-state index is 3.39. The van der Waals surface area contributed by atoms with Gasteiger partial charge in [-0.15, -0.1) is 0 Å². The molecule has 0 radical (unpaired) electrons. The summed E-state index contributed by atoms with van der Waals surface area (Å²) in [5, 5.41) is 3.39. The summed E-state index contributed by atoms with van der Waals surface area (Å²) in [5.74, 6) is 0. The molecule has 1 fully saturated rings. The van der Waals surface area contributed by atoms with Crippen molar-refractivity contribution >= 4 is 5.69 Å². The van der Waals surface area contributed by atoms with Crippen LogP contribution in [0.4, 0.5) is 5.69 Å². The Hall–Kier alpha value is -1.02. The first-order chi connectivity index (χ1) is 7.81. The van der Waals surface area contributed by atoms with E-state index >= 15 is 0 Å². The third kappa shape index (κ3) is 2.56. The molecule has 2 heteroatoms. The van der Waals surface area contributed by atoms with Gasteiger partial charge in [-0.2, -0.15) is 0 Å². The van der Waals surface area contributed by atoms with Gasteiger partial charge in [0.15, 0.2) is 0 Å². The summed E-state index contributed by atoms with van der Waals surface area (Å²) in [6, 6.07) is 6.93. The van der Waals surface area contributed by atoms with E-state index in [1.165, 1.54) is 29.7 Å². The molecule has 1 aliphatic heterocycles. The average Bonchev–Trinajstić information content (AvgIpc) is 2.33. The molecule has 0 bridgehead atoms.